The molecule has 1 aromatic rings. The normalized spacial score (nSPS) is 24.9. The van der Waals surface area contributed by atoms with Gasteiger partial charge in [-0.1, -0.05) is 17.7 Å². The highest BCUT2D eigenvalue weighted by Gasteiger charge is 2.37. The molecule has 1 saturated heterocycles. The maximum atomic E-state index is 11.6. The predicted molar refractivity (Wildman–Crippen MR) is 72.7 cm³/mol. The molecule has 104 valence electrons. The standard InChI is InChI=1S/C11H11Cl2NO4S/c12-7-2-1-3-8(4-7)18-11(15)14-10-6-19(16,17)5-9(10)13/h1-4,9-10H,5-6H2,(H,14,15). The number of rotatable bonds is 2. The molecule has 5 nitrogen and oxygen atoms in total. The van der Waals surface area contributed by atoms with Gasteiger partial charge in [-0.3, -0.25) is 0 Å². The van der Waals surface area contributed by atoms with E-state index in [4.69, 9.17) is 27.9 Å². The van der Waals surface area contributed by atoms with E-state index >= 15 is 0 Å². The van der Waals surface area contributed by atoms with Gasteiger partial charge in [0.1, 0.15) is 5.75 Å². The fraction of sp³-hybridized carbons (Fsp3) is 0.364. The minimum absolute atomic E-state index is 0.142. The van der Waals surface area contributed by atoms with Crippen molar-refractivity contribution >= 4 is 39.1 Å². The third-order valence-electron chi connectivity index (χ3n) is 2.59. The second-order valence-electron chi connectivity index (χ2n) is 4.19. The van der Waals surface area contributed by atoms with Crippen LogP contribution in [0.2, 0.25) is 5.02 Å². The van der Waals surface area contributed by atoms with Crippen LogP contribution in [0.3, 0.4) is 0 Å². The fourth-order valence-electron chi connectivity index (χ4n) is 1.76. The van der Waals surface area contributed by atoms with E-state index in [1.54, 1.807) is 18.2 Å². The minimum Gasteiger partial charge on any atom is -0.410 e. The molecule has 0 bridgehead atoms. The maximum Gasteiger partial charge on any atom is 0.412 e. The molecule has 0 aromatic heterocycles. The van der Waals surface area contributed by atoms with Crippen molar-refractivity contribution in [1.82, 2.24) is 5.32 Å². The van der Waals surface area contributed by atoms with E-state index in [2.05, 4.69) is 5.32 Å². The molecule has 1 aliphatic heterocycles. The maximum absolute atomic E-state index is 11.6. The third kappa shape index (κ3) is 3.99. The van der Waals surface area contributed by atoms with Crippen molar-refractivity contribution in [2.24, 2.45) is 0 Å². The van der Waals surface area contributed by atoms with Crippen LogP contribution in [0.4, 0.5) is 4.79 Å². The Bertz CT molecular complexity index is 590. The summed E-state index contributed by atoms with van der Waals surface area (Å²) in [6.45, 7) is 0. The quantitative estimate of drug-likeness (QED) is 0.843. The Labute approximate surface area is 120 Å². The molecule has 2 rings (SSSR count). The van der Waals surface area contributed by atoms with E-state index in [-0.39, 0.29) is 17.3 Å². The smallest absolute Gasteiger partial charge is 0.410 e. The number of carbonyl (C=O) groups excluding carboxylic acids is 1. The largest absolute Gasteiger partial charge is 0.412 e. The zero-order valence-electron chi connectivity index (χ0n) is 9.68. The third-order valence-corrected chi connectivity index (χ3v) is 5.20. The van der Waals surface area contributed by atoms with Crippen LogP contribution < -0.4 is 10.1 Å². The molecule has 1 N–H and O–H groups in total. The number of carbonyl (C=O) groups is 1. The molecular weight excluding hydrogens is 313 g/mol. The topological polar surface area (TPSA) is 72.5 Å². The number of hydrogen-bond acceptors (Lipinski definition) is 4. The van der Waals surface area contributed by atoms with Crippen LogP contribution in [0.15, 0.2) is 24.3 Å². The van der Waals surface area contributed by atoms with E-state index in [1.807, 2.05) is 0 Å². The van der Waals surface area contributed by atoms with E-state index in [0.717, 1.165) is 0 Å². The molecule has 1 aromatic carbocycles. The number of alkyl halides is 1. The van der Waals surface area contributed by atoms with Crippen LogP contribution in [0.25, 0.3) is 0 Å². The molecule has 1 amide bonds. The van der Waals surface area contributed by atoms with Gasteiger partial charge in [0.05, 0.1) is 22.9 Å². The van der Waals surface area contributed by atoms with E-state index in [1.165, 1.54) is 6.07 Å². The lowest BCUT2D eigenvalue weighted by molar-refractivity contribution is 0.197. The average Bonchev–Trinajstić information content (AvgIpc) is 2.51. The van der Waals surface area contributed by atoms with Crippen molar-refractivity contribution in [3.63, 3.8) is 0 Å². The SMILES string of the molecule is O=C(NC1CS(=O)(=O)CC1Cl)Oc1cccc(Cl)c1. The number of ether oxygens (including phenoxy) is 1. The Kier molecular flexibility index (Phi) is 4.23. The van der Waals surface area contributed by atoms with E-state index in [0.29, 0.717) is 5.02 Å². The molecule has 0 saturated carbocycles. The Morgan fingerprint density at radius 1 is 1.37 bits per heavy atom. The van der Waals surface area contributed by atoms with Gasteiger partial charge in [-0.05, 0) is 18.2 Å². The van der Waals surface area contributed by atoms with Gasteiger partial charge in [0.15, 0.2) is 9.84 Å². The lowest BCUT2D eigenvalue weighted by atomic mass is 10.3. The van der Waals surface area contributed by atoms with Crippen LogP contribution in [0, 0.1) is 0 Å². The van der Waals surface area contributed by atoms with Crippen LogP contribution in [0.5, 0.6) is 5.75 Å². The summed E-state index contributed by atoms with van der Waals surface area (Å²) in [5.74, 6) is -0.0420. The molecule has 2 atom stereocenters. The van der Waals surface area contributed by atoms with Gasteiger partial charge < -0.3 is 10.1 Å². The summed E-state index contributed by atoms with van der Waals surface area (Å²) in [4.78, 5) is 11.6. The van der Waals surface area contributed by atoms with Crippen molar-refractivity contribution in [3.05, 3.63) is 29.3 Å². The van der Waals surface area contributed by atoms with Gasteiger partial charge in [0.2, 0.25) is 0 Å². The van der Waals surface area contributed by atoms with Gasteiger partial charge >= 0.3 is 6.09 Å². The monoisotopic (exact) mass is 323 g/mol. The number of halogens is 2. The molecule has 0 radical (unpaired) electrons. The lowest BCUT2D eigenvalue weighted by Crippen LogP contribution is -2.42. The minimum atomic E-state index is -3.19. The van der Waals surface area contributed by atoms with Crippen molar-refractivity contribution in [1.29, 1.82) is 0 Å². The molecule has 0 spiro atoms. The Morgan fingerprint density at radius 3 is 2.68 bits per heavy atom. The van der Waals surface area contributed by atoms with Crippen molar-refractivity contribution < 1.29 is 17.9 Å². The number of amides is 1. The number of sulfone groups is 1. The van der Waals surface area contributed by atoms with Gasteiger partial charge in [-0.2, -0.15) is 0 Å². The molecule has 1 fully saturated rings. The number of benzene rings is 1. The molecule has 1 aliphatic rings. The Balaban J connectivity index is 1.95. The van der Waals surface area contributed by atoms with Crippen LogP contribution in [-0.4, -0.2) is 37.4 Å². The van der Waals surface area contributed by atoms with Gasteiger partial charge in [-0.15, -0.1) is 11.6 Å². The van der Waals surface area contributed by atoms with Crippen molar-refractivity contribution in [2.75, 3.05) is 11.5 Å². The van der Waals surface area contributed by atoms with Gasteiger partial charge in [0, 0.05) is 5.02 Å². The Hall–Kier alpha value is -0.980. The first-order valence-electron chi connectivity index (χ1n) is 5.44. The summed E-state index contributed by atoms with van der Waals surface area (Å²) in [6, 6.07) is 5.68. The van der Waals surface area contributed by atoms with Crippen molar-refractivity contribution in [2.45, 2.75) is 11.4 Å². The van der Waals surface area contributed by atoms with Crippen LogP contribution >= 0.6 is 23.2 Å². The highest BCUT2D eigenvalue weighted by atomic mass is 35.5. The summed E-state index contributed by atoms with van der Waals surface area (Å²) in [6.07, 6.45) is -0.755. The summed E-state index contributed by atoms with van der Waals surface area (Å²) >= 11 is 11.6. The summed E-state index contributed by atoms with van der Waals surface area (Å²) in [5.41, 5.74) is 0. The highest BCUT2D eigenvalue weighted by Crippen LogP contribution is 2.19. The summed E-state index contributed by atoms with van der Waals surface area (Å²) in [5, 5.41) is 2.23. The van der Waals surface area contributed by atoms with Crippen molar-refractivity contribution in [3.8, 4) is 5.75 Å². The highest BCUT2D eigenvalue weighted by molar-refractivity contribution is 7.91. The predicted octanol–water partition coefficient (Wildman–Crippen LogP) is 1.83. The first-order valence-corrected chi connectivity index (χ1v) is 8.08. The van der Waals surface area contributed by atoms with Crippen LogP contribution in [0.1, 0.15) is 0 Å². The summed E-state index contributed by atoms with van der Waals surface area (Å²) < 4.78 is 27.7. The second kappa shape index (κ2) is 5.56. The molecular formula is C11H11Cl2NO4S. The zero-order valence-corrected chi connectivity index (χ0v) is 12.0. The lowest BCUT2D eigenvalue weighted by Gasteiger charge is -2.14. The first kappa shape index (κ1) is 14.4. The molecule has 2 unspecified atom stereocenters. The number of hydrogen-bond donors (Lipinski definition) is 1. The molecule has 19 heavy (non-hydrogen) atoms. The zero-order chi connectivity index (χ0) is 14.0. The fourth-order valence-corrected chi connectivity index (χ4v) is 4.49. The number of nitrogens with one attached hydrogen (secondary N) is 1. The molecule has 1 heterocycles. The molecule has 8 heteroatoms. The Morgan fingerprint density at radius 2 is 2.11 bits per heavy atom. The van der Waals surface area contributed by atoms with Crippen LogP contribution in [-0.2, 0) is 9.84 Å². The van der Waals surface area contributed by atoms with E-state index < -0.39 is 27.3 Å². The second-order valence-corrected chi connectivity index (χ2v) is 7.34. The summed E-state index contributed by atoms with van der Waals surface area (Å²) in [7, 11) is -3.19. The van der Waals surface area contributed by atoms with Gasteiger partial charge in [0.25, 0.3) is 0 Å². The molecule has 0 aliphatic carbocycles. The van der Waals surface area contributed by atoms with E-state index in [9.17, 15) is 13.2 Å². The van der Waals surface area contributed by atoms with Gasteiger partial charge in [-0.25, -0.2) is 13.2 Å². The average molecular weight is 324 g/mol. The first-order chi connectivity index (χ1) is 8.85.